The molecule has 4 nitrogen and oxygen atoms in total. The second-order valence-corrected chi connectivity index (χ2v) is 6.09. The molecule has 1 saturated carbocycles. The van der Waals surface area contributed by atoms with Gasteiger partial charge in [-0.1, -0.05) is 0 Å². The number of piperazine rings is 1. The maximum Gasteiger partial charge on any atom is 0.118 e. The lowest BCUT2D eigenvalue weighted by molar-refractivity contribution is 0.0943. The number of likely N-dealkylation sites (N-methyl/N-ethyl adjacent to an activating group) is 1. The summed E-state index contributed by atoms with van der Waals surface area (Å²) in [5.74, 6) is 2.17. The number of nitrogens with one attached hydrogen (secondary N) is 1. The van der Waals surface area contributed by atoms with Crippen LogP contribution >= 0.6 is 0 Å². The molecule has 1 atom stereocenters. The predicted octanol–water partition coefficient (Wildman–Crippen LogP) is 1.67. The Labute approximate surface area is 115 Å². The van der Waals surface area contributed by atoms with E-state index in [4.69, 9.17) is 4.42 Å². The van der Waals surface area contributed by atoms with Gasteiger partial charge >= 0.3 is 0 Å². The summed E-state index contributed by atoms with van der Waals surface area (Å²) >= 11 is 0. The van der Waals surface area contributed by atoms with Gasteiger partial charge in [-0.05, 0) is 38.9 Å². The van der Waals surface area contributed by atoms with Crippen LogP contribution in [-0.2, 0) is 13.1 Å². The summed E-state index contributed by atoms with van der Waals surface area (Å²) in [5, 5.41) is 3.49. The highest BCUT2D eigenvalue weighted by Crippen LogP contribution is 2.20. The molecule has 2 heterocycles. The molecule has 2 fully saturated rings. The first-order valence-corrected chi connectivity index (χ1v) is 7.44. The van der Waals surface area contributed by atoms with Crippen molar-refractivity contribution in [2.75, 3.05) is 26.7 Å². The molecule has 1 aliphatic heterocycles. The molecule has 19 heavy (non-hydrogen) atoms. The fraction of sp³-hybridized carbons (Fsp3) is 0.733. The average molecular weight is 263 g/mol. The monoisotopic (exact) mass is 263 g/mol. The van der Waals surface area contributed by atoms with Crippen molar-refractivity contribution in [3.8, 4) is 0 Å². The SMILES string of the molecule is CC1CN(Cc2ccc(CNC3CC3)o2)CCN1C. The number of nitrogens with zero attached hydrogens (tertiary/aromatic N) is 2. The van der Waals surface area contributed by atoms with Gasteiger partial charge in [0.1, 0.15) is 11.5 Å². The second-order valence-electron chi connectivity index (χ2n) is 6.09. The Morgan fingerprint density at radius 1 is 1.26 bits per heavy atom. The Morgan fingerprint density at radius 3 is 2.79 bits per heavy atom. The fourth-order valence-corrected chi connectivity index (χ4v) is 2.62. The van der Waals surface area contributed by atoms with Crippen LogP contribution in [0.3, 0.4) is 0 Å². The topological polar surface area (TPSA) is 31.6 Å². The highest BCUT2D eigenvalue weighted by Gasteiger charge is 2.22. The van der Waals surface area contributed by atoms with Gasteiger partial charge in [0.25, 0.3) is 0 Å². The van der Waals surface area contributed by atoms with Gasteiger partial charge in [0.2, 0.25) is 0 Å². The summed E-state index contributed by atoms with van der Waals surface area (Å²) in [6, 6.07) is 5.63. The van der Waals surface area contributed by atoms with E-state index < -0.39 is 0 Å². The van der Waals surface area contributed by atoms with Crippen molar-refractivity contribution < 1.29 is 4.42 Å². The standard InChI is InChI=1S/C15H25N3O/c1-12-10-18(8-7-17(12)2)11-15-6-5-14(19-15)9-16-13-3-4-13/h5-6,12-13,16H,3-4,7-11H2,1-2H3. The zero-order chi connectivity index (χ0) is 13.2. The van der Waals surface area contributed by atoms with Gasteiger partial charge in [-0.2, -0.15) is 0 Å². The minimum atomic E-state index is 0.639. The lowest BCUT2D eigenvalue weighted by atomic mass is 10.2. The van der Waals surface area contributed by atoms with Gasteiger partial charge in [-0.15, -0.1) is 0 Å². The zero-order valence-corrected chi connectivity index (χ0v) is 12.1. The predicted molar refractivity (Wildman–Crippen MR) is 75.9 cm³/mol. The minimum Gasteiger partial charge on any atom is -0.463 e. The molecule has 1 aromatic heterocycles. The van der Waals surface area contributed by atoms with Crippen LogP contribution in [0.2, 0.25) is 0 Å². The van der Waals surface area contributed by atoms with E-state index in [0.29, 0.717) is 6.04 Å². The molecular formula is C15H25N3O. The van der Waals surface area contributed by atoms with Crippen molar-refractivity contribution in [1.29, 1.82) is 0 Å². The first-order valence-electron chi connectivity index (χ1n) is 7.44. The van der Waals surface area contributed by atoms with Crippen LogP contribution in [0.4, 0.5) is 0 Å². The number of rotatable bonds is 5. The van der Waals surface area contributed by atoms with Crippen molar-refractivity contribution in [3.63, 3.8) is 0 Å². The third kappa shape index (κ3) is 3.59. The molecule has 1 aromatic rings. The molecule has 106 valence electrons. The first kappa shape index (κ1) is 13.2. The van der Waals surface area contributed by atoms with Crippen LogP contribution in [-0.4, -0.2) is 48.6 Å². The Balaban J connectivity index is 1.48. The fourth-order valence-electron chi connectivity index (χ4n) is 2.62. The van der Waals surface area contributed by atoms with Gasteiger partial charge in [-0.3, -0.25) is 4.90 Å². The summed E-state index contributed by atoms with van der Waals surface area (Å²) < 4.78 is 5.91. The number of furan rings is 1. The number of hydrogen-bond acceptors (Lipinski definition) is 4. The molecule has 0 aromatic carbocycles. The van der Waals surface area contributed by atoms with Crippen molar-refractivity contribution in [1.82, 2.24) is 15.1 Å². The van der Waals surface area contributed by atoms with Gasteiger partial charge in [0.05, 0.1) is 13.1 Å². The molecule has 1 unspecified atom stereocenters. The van der Waals surface area contributed by atoms with E-state index in [1.807, 2.05) is 0 Å². The third-order valence-electron chi connectivity index (χ3n) is 4.28. The Hall–Kier alpha value is -0.840. The van der Waals surface area contributed by atoms with Gasteiger partial charge in [-0.25, -0.2) is 0 Å². The molecule has 0 radical (unpaired) electrons. The smallest absolute Gasteiger partial charge is 0.118 e. The minimum absolute atomic E-state index is 0.639. The quantitative estimate of drug-likeness (QED) is 0.875. The summed E-state index contributed by atoms with van der Waals surface area (Å²) in [4.78, 5) is 4.91. The van der Waals surface area contributed by atoms with E-state index in [9.17, 15) is 0 Å². The molecule has 1 saturated heterocycles. The third-order valence-corrected chi connectivity index (χ3v) is 4.28. The summed E-state index contributed by atoms with van der Waals surface area (Å²) in [7, 11) is 2.20. The summed E-state index contributed by atoms with van der Waals surface area (Å²) in [6.07, 6.45) is 2.65. The Kier molecular flexibility index (Phi) is 3.91. The van der Waals surface area contributed by atoms with Crippen molar-refractivity contribution in [2.24, 2.45) is 0 Å². The first-order chi connectivity index (χ1) is 9.20. The lowest BCUT2D eigenvalue weighted by Crippen LogP contribution is -2.49. The van der Waals surface area contributed by atoms with Gasteiger partial charge in [0, 0.05) is 31.7 Å². The molecule has 0 spiro atoms. The maximum absolute atomic E-state index is 5.91. The van der Waals surface area contributed by atoms with Crippen molar-refractivity contribution >= 4 is 0 Å². The number of hydrogen-bond donors (Lipinski definition) is 1. The largest absolute Gasteiger partial charge is 0.463 e. The van der Waals surface area contributed by atoms with Crippen LogP contribution in [0, 0.1) is 0 Å². The van der Waals surface area contributed by atoms with Gasteiger partial charge in [0.15, 0.2) is 0 Å². The molecule has 2 aliphatic rings. The van der Waals surface area contributed by atoms with E-state index in [1.165, 1.54) is 12.8 Å². The van der Waals surface area contributed by atoms with Crippen LogP contribution in [0.1, 0.15) is 31.3 Å². The van der Waals surface area contributed by atoms with Crippen LogP contribution in [0.15, 0.2) is 16.5 Å². The molecule has 1 aliphatic carbocycles. The molecule has 0 bridgehead atoms. The Morgan fingerprint density at radius 2 is 2.05 bits per heavy atom. The zero-order valence-electron chi connectivity index (χ0n) is 12.1. The van der Waals surface area contributed by atoms with Crippen LogP contribution in [0.25, 0.3) is 0 Å². The van der Waals surface area contributed by atoms with Crippen LogP contribution in [0.5, 0.6) is 0 Å². The van der Waals surface area contributed by atoms with E-state index in [2.05, 4.69) is 41.2 Å². The molecule has 1 N–H and O–H groups in total. The maximum atomic E-state index is 5.91. The van der Waals surface area contributed by atoms with E-state index >= 15 is 0 Å². The van der Waals surface area contributed by atoms with Gasteiger partial charge < -0.3 is 14.6 Å². The summed E-state index contributed by atoms with van der Waals surface area (Å²) in [5.41, 5.74) is 0. The molecule has 0 amide bonds. The highest BCUT2D eigenvalue weighted by molar-refractivity contribution is 5.07. The van der Waals surface area contributed by atoms with Crippen molar-refractivity contribution in [3.05, 3.63) is 23.7 Å². The van der Waals surface area contributed by atoms with E-state index in [0.717, 1.165) is 50.3 Å². The van der Waals surface area contributed by atoms with E-state index in [1.54, 1.807) is 0 Å². The molecule has 3 rings (SSSR count). The van der Waals surface area contributed by atoms with E-state index in [-0.39, 0.29) is 0 Å². The summed E-state index contributed by atoms with van der Waals surface area (Å²) in [6.45, 7) is 7.53. The lowest BCUT2D eigenvalue weighted by Gasteiger charge is -2.37. The Bertz CT molecular complexity index is 413. The molecule has 4 heteroatoms. The average Bonchev–Trinajstić information content (AvgIpc) is 3.12. The molecular weight excluding hydrogens is 238 g/mol. The second kappa shape index (κ2) is 5.65. The van der Waals surface area contributed by atoms with Crippen LogP contribution < -0.4 is 5.32 Å². The van der Waals surface area contributed by atoms with Crippen molar-refractivity contribution in [2.45, 2.75) is 44.9 Å². The highest BCUT2D eigenvalue weighted by atomic mass is 16.3. The normalized spacial score (nSPS) is 25.9.